The van der Waals surface area contributed by atoms with Gasteiger partial charge in [0.25, 0.3) is 5.91 Å². The van der Waals surface area contributed by atoms with Gasteiger partial charge < -0.3 is 23.7 Å². The van der Waals surface area contributed by atoms with E-state index >= 15 is 0 Å². The lowest BCUT2D eigenvalue weighted by Crippen LogP contribution is -2.31. The Kier molecular flexibility index (Phi) is 6.62. The average molecular weight is 399 g/mol. The van der Waals surface area contributed by atoms with Crippen molar-refractivity contribution in [3.05, 3.63) is 54.1 Å². The van der Waals surface area contributed by atoms with E-state index in [2.05, 4.69) is 15.5 Å². The Hall–Kier alpha value is -3.62. The Bertz CT molecular complexity index is 951. The number of para-hydroxylation sites is 1. The lowest BCUT2D eigenvalue weighted by Gasteiger charge is -2.17. The van der Waals surface area contributed by atoms with Crippen molar-refractivity contribution in [3.63, 3.8) is 0 Å². The highest BCUT2D eigenvalue weighted by atomic mass is 16.5. The van der Waals surface area contributed by atoms with Gasteiger partial charge in [-0.25, -0.2) is 0 Å². The van der Waals surface area contributed by atoms with Gasteiger partial charge in [-0.1, -0.05) is 23.4 Å². The number of carbonyl (C=O) groups excluding carboxylic acids is 2. The first kappa shape index (κ1) is 20.1. The molecule has 0 spiro atoms. The summed E-state index contributed by atoms with van der Waals surface area (Å²) >= 11 is 0. The molecule has 0 radical (unpaired) electrons. The molecule has 0 aliphatic rings. The second kappa shape index (κ2) is 9.54. The number of carbonyl (C=O) groups is 2. The van der Waals surface area contributed by atoms with E-state index in [1.54, 1.807) is 19.2 Å². The quantitative estimate of drug-likeness (QED) is 0.546. The van der Waals surface area contributed by atoms with Crippen LogP contribution in [0.2, 0.25) is 0 Å². The fourth-order valence-corrected chi connectivity index (χ4v) is 2.67. The number of benzene rings is 1. The molecule has 0 saturated heterocycles. The van der Waals surface area contributed by atoms with Gasteiger partial charge in [0.1, 0.15) is 5.75 Å². The van der Waals surface area contributed by atoms with E-state index in [4.69, 9.17) is 18.4 Å². The number of esters is 1. The van der Waals surface area contributed by atoms with Crippen molar-refractivity contribution in [2.24, 2.45) is 0 Å². The van der Waals surface area contributed by atoms with Crippen LogP contribution in [0.1, 0.15) is 30.8 Å². The number of rotatable bonds is 9. The zero-order chi connectivity index (χ0) is 20.6. The molecule has 2 heterocycles. The van der Waals surface area contributed by atoms with Crippen LogP contribution in [-0.4, -0.2) is 35.7 Å². The van der Waals surface area contributed by atoms with Gasteiger partial charge in [0.2, 0.25) is 11.7 Å². The number of ether oxygens (including phenoxy) is 2. The van der Waals surface area contributed by atoms with Crippen molar-refractivity contribution < 1.29 is 28.0 Å². The van der Waals surface area contributed by atoms with Crippen LogP contribution in [-0.2, 0) is 20.7 Å². The molecule has 0 bridgehead atoms. The maximum absolute atomic E-state index is 12.1. The van der Waals surface area contributed by atoms with Gasteiger partial charge in [-0.15, -0.1) is 0 Å². The number of furan rings is 1. The van der Waals surface area contributed by atoms with E-state index in [1.807, 2.05) is 31.2 Å². The average Bonchev–Trinajstić information content (AvgIpc) is 3.42. The number of hydrogen-bond donors (Lipinski definition) is 1. The van der Waals surface area contributed by atoms with Crippen molar-refractivity contribution in [2.75, 3.05) is 13.7 Å². The highest BCUT2D eigenvalue weighted by Crippen LogP contribution is 2.24. The van der Waals surface area contributed by atoms with Crippen molar-refractivity contribution in [1.29, 1.82) is 0 Å². The minimum absolute atomic E-state index is 0.00906. The summed E-state index contributed by atoms with van der Waals surface area (Å²) in [5.41, 5.74) is 0.832. The number of methoxy groups -OCH3 is 1. The molecule has 0 fully saturated rings. The van der Waals surface area contributed by atoms with Crippen molar-refractivity contribution in [2.45, 2.75) is 25.8 Å². The van der Waals surface area contributed by atoms with Crippen LogP contribution in [0, 0.1) is 0 Å². The van der Waals surface area contributed by atoms with Gasteiger partial charge in [-0.3, -0.25) is 9.59 Å². The number of nitrogens with zero attached hydrogens (tertiary/aromatic N) is 2. The smallest absolute Gasteiger partial charge is 0.306 e. The molecule has 9 nitrogen and oxygen atoms in total. The van der Waals surface area contributed by atoms with Crippen LogP contribution in [0.5, 0.6) is 5.75 Å². The van der Waals surface area contributed by atoms with Crippen LogP contribution in [0.25, 0.3) is 11.6 Å². The molecule has 2 aromatic heterocycles. The molecule has 0 aliphatic carbocycles. The first-order valence-electron chi connectivity index (χ1n) is 9.01. The molecule has 1 unspecified atom stereocenters. The summed E-state index contributed by atoms with van der Waals surface area (Å²) in [5.74, 6) is 0.789. The Morgan fingerprint density at radius 1 is 1.21 bits per heavy atom. The minimum atomic E-state index is -0.539. The Morgan fingerprint density at radius 2 is 2.03 bits per heavy atom. The number of aromatic nitrogens is 2. The van der Waals surface area contributed by atoms with Crippen molar-refractivity contribution in [3.8, 4) is 17.3 Å². The fourth-order valence-electron chi connectivity index (χ4n) is 2.67. The largest absolute Gasteiger partial charge is 0.496 e. The minimum Gasteiger partial charge on any atom is -0.496 e. The van der Waals surface area contributed by atoms with E-state index in [1.165, 1.54) is 6.26 Å². The lowest BCUT2D eigenvalue weighted by atomic mass is 10.1. The van der Waals surface area contributed by atoms with E-state index in [0.717, 1.165) is 5.56 Å². The highest BCUT2D eigenvalue weighted by molar-refractivity contribution is 5.81. The molecule has 3 aromatic rings. The van der Waals surface area contributed by atoms with E-state index in [9.17, 15) is 9.59 Å². The predicted molar refractivity (Wildman–Crippen MR) is 101 cm³/mol. The number of amides is 1. The van der Waals surface area contributed by atoms with Gasteiger partial charge in [0, 0.05) is 12.0 Å². The van der Waals surface area contributed by atoms with E-state index in [0.29, 0.717) is 17.3 Å². The molecule has 0 aliphatic heterocycles. The molecule has 9 heteroatoms. The maximum atomic E-state index is 12.1. The summed E-state index contributed by atoms with van der Waals surface area (Å²) in [7, 11) is 1.57. The summed E-state index contributed by atoms with van der Waals surface area (Å²) in [6, 6.07) is 10.5. The summed E-state index contributed by atoms with van der Waals surface area (Å²) in [6.07, 6.45) is 1.71. The summed E-state index contributed by atoms with van der Waals surface area (Å²) in [5, 5.41) is 6.55. The summed E-state index contributed by atoms with van der Waals surface area (Å²) < 4.78 is 20.5. The monoisotopic (exact) mass is 399 g/mol. The van der Waals surface area contributed by atoms with Crippen LogP contribution >= 0.6 is 0 Å². The SMILES string of the molecule is COc1ccccc1C(C)NC(=O)COC(=O)CCc1nc(-c2ccco2)no1. The fraction of sp³-hybridized carbons (Fsp3) is 0.300. The van der Waals surface area contributed by atoms with Gasteiger partial charge in [-0.2, -0.15) is 4.98 Å². The van der Waals surface area contributed by atoms with Crippen molar-refractivity contribution >= 4 is 11.9 Å². The van der Waals surface area contributed by atoms with Crippen molar-refractivity contribution in [1.82, 2.24) is 15.5 Å². The molecule has 29 heavy (non-hydrogen) atoms. The third-order valence-electron chi connectivity index (χ3n) is 4.10. The normalized spacial score (nSPS) is 11.7. The summed E-state index contributed by atoms with van der Waals surface area (Å²) in [6.45, 7) is 1.45. The van der Waals surface area contributed by atoms with Gasteiger partial charge in [0.05, 0.1) is 25.8 Å². The van der Waals surface area contributed by atoms with E-state index < -0.39 is 11.9 Å². The Morgan fingerprint density at radius 3 is 2.79 bits per heavy atom. The Labute approximate surface area is 167 Å². The van der Waals surface area contributed by atoms with Crippen LogP contribution in [0.3, 0.4) is 0 Å². The van der Waals surface area contributed by atoms with Crippen LogP contribution in [0.15, 0.2) is 51.6 Å². The zero-order valence-corrected chi connectivity index (χ0v) is 16.1. The Balaban J connectivity index is 1.41. The number of hydrogen-bond acceptors (Lipinski definition) is 8. The van der Waals surface area contributed by atoms with Gasteiger partial charge in [-0.05, 0) is 25.1 Å². The standard InChI is InChI=1S/C20H21N3O6/c1-13(14-6-3-4-7-15(14)26-2)21-17(24)12-28-19(25)10-9-18-22-20(23-29-18)16-8-5-11-27-16/h3-8,11,13H,9-10,12H2,1-2H3,(H,21,24). The molecular formula is C20H21N3O6. The van der Waals surface area contributed by atoms with Gasteiger partial charge >= 0.3 is 5.97 Å². The van der Waals surface area contributed by atoms with Gasteiger partial charge in [0.15, 0.2) is 12.4 Å². The molecule has 152 valence electrons. The summed E-state index contributed by atoms with van der Waals surface area (Å²) in [4.78, 5) is 28.1. The second-order valence-corrected chi connectivity index (χ2v) is 6.18. The molecule has 0 saturated carbocycles. The molecule has 3 rings (SSSR count). The predicted octanol–water partition coefficient (Wildman–Crippen LogP) is 2.69. The number of aryl methyl sites for hydroxylation is 1. The van der Waals surface area contributed by atoms with Crippen LogP contribution < -0.4 is 10.1 Å². The third kappa shape index (κ3) is 5.44. The molecule has 1 amide bonds. The number of nitrogens with one attached hydrogen (secondary N) is 1. The molecule has 1 N–H and O–H groups in total. The van der Waals surface area contributed by atoms with Crippen LogP contribution in [0.4, 0.5) is 0 Å². The molecule has 1 aromatic carbocycles. The highest BCUT2D eigenvalue weighted by Gasteiger charge is 2.16. The molecule has 1 atom stereocenters. The second-order valence-electron chi connectivity index (χ2n) is 6.18. The zero-order valence-electron chi connectivity index (χ0n) is 16.1. The maximum Gasteiger partial charge on any atom is 0.306 e. The topological polar surface area (TPSA) is 117 Å². The molecular weight excluding hydrogens is 378 g/mol. The first-order chi connectivity index (χ1) is 14.1. The first-order valence-corrected chi connectivity index (χ1v) is 9.01. The third-order valence-corrected chi connectivity index (χ3v) is 4.10. The van der Waals surface area contributed by atoms with E-state index in [-0.39, 0.29) is 31.4 Å². The lowest BCUT2D eigenvalue weighted by molar-refractivity contribution is -0.148.